The zero-order valence-corrected chi connectivity index (χ0v) is 22.9. The quantitative estimate of drug-likeness (QED) is 0.458. The molecule has 4 saturated carbocycles. The van der Waals surface area contributed by atoms with Gasteiger partial charge in [0.1, 0.15) is 5.78 Å². The molecule has 0 aromatic heterocycles. The molecule has 9 atom stereocenters. The standard InChI is InChI=1S/C30H50O4/c1-25(2,33)14-9-15-30(8,34)24-21(31)18-29(7)20-10-11-22-26(3,4)23(32)13-16-27(22,5)19(20)12-17-28(24,29)6/h9,14,19-22,24,31,33-34H,10-13,15-18H2,1-8H3/b14-9+/t19-,20-,21-,22-,24-,27-,28-,29+,30+/m0/s1. The summed E-state index contributed by atoms with van der Waals surface area (Å²) in [4.78, 5) is 12.8. The van der Waals surface area contributed by atoms with Gasteiger partial charge in [-0.3, -0.25) is 4.79 Å². The molecule has 0 radical (unpaired) electrons. The molecule has 4 aliphatic rings. The highest BCUT2D eigenvalue weighted by atomic mass is 16.3. The zero-order chi connectivity index (χ0) is 25.5. The largest absolute Gasteiger partial charge is 0.393 e. The van der Waals surface area contributed by atoms with Gasteiger partial charge in [-0.25, -0.2) is 0 Å². The summed E-state index contributed by atoms with van der Waals surface area (Å²) in [6.45, 7) is 16.9. The van der Waals surface area contributed by atoms with Crippen LogP contribution in [-0.4, -0.2) is 38.4 Å². The molecule has 0 aromatic rings. The molecule has 4 heteroatoms. The number of aliphatic hydroxyl groups excluding tert-OH is 1. The number of carbonyl (C=O) groups is 1. The molecule has 4 aliphatic carbocycles. The van der Waals surface area contributed by atoms with Crippen LogP contribution < -0.4 is 0 Å². The van der Waals surface area contributed by atoms with Crippen molar-refractivity contribution in [2.24, 2.45) is 45.3 Å². The van der Waals surface area contributed by atoms with E-state index in [1.54, 1.807) is 19.9 Å². The third kappa shape index (κ3) is 3.68. The fraction of sp³-hybridized carbons (Fsp3) is 0.900. The number of Topliss-reactive ketones (excluding diaryl/α,β-unsaturated/α-hetero) is 1. The van der Waals surface area contributed by atoms with Crippen LogP contribution in [0.3, 0.4) is 0 Å². The summed E-state index contributed by atoms with van der Waals surface area (Å²) in [5, 5.41) is 33.2. The van der Waals surface area contributed by atoms with Crippen molar-refractivity contribution in [3.63, 3.8) is 0 Å². The molecule has 34 heavy (non-hydrogen) atoms. The molecular formula is C30H50O4. The average molecular weight is 475 g/mol. The summed E-state index contributed by atoms with van der Waals surface area (Å²) in [6.07, 6.45) is 10.3. The van der Waals surface area contributed by atoms with Gasteiger partial charge in [0, 0.05) is 17.8 Å². The number of hydrogen-bond acceptors (Lipinski definition) is 4. The van der Waals surface area contributed by atoms with Crippen LogP contribution in [0.15, 0.2) is 12.2 Å². The van der Waals surface area contributed by atoms with Crippen molar-refractivity contribution in [1.82, 2.24) is 0 Å². The molecule has 0 aromatic carbocycles. The highest BCUT2D eigenvalue weighted by Crippen LogP contribution is 2.74. The molecule has 0 saturated heterocycles. The Labute approximate surface area is 207 Å². The summed E-state index contributed by atoms with van der Waals surface area (Å²) >= 11 is 0. The van der Waals surface area contributed by atoms with Crippen molar-refractivity contribution in [2.45, 2.75) is 124 Å². The molecule has 4 nitrogen and oxygen atoms in total. The van der Waals surface area contributed by atoms with Crippen LogP contribution in [-0.2, 0) is 4.79 Å². The van der Waals surface area contributed by atoms with Crippen LogP contribution in [0.1, 0.15) is 107 Å². The first-order valence-corrected chi connectivity index (χ1v) is 13.7. The maximum atomic E-state index is 12.8. The van der Waals surface area contributed by atoms with Crippen molar-refractivity contribution in [2.75, 3.05) is 0 Å². The van der Waals surface area contributed by atoms with E-state index in [0.717, 1.165) is 38.5 Å². The van der Waals surface area contributed by atoms with Crippen molar-refractivity contribution in [3.05, 3.63) is 12.2 Å². The van der Waals surface area contributed by atoms with Crippen LogP contribution in [0, 0.1) is 45.3 Å². The van der Waals surface area contributed by atoms with E-state index >= 15 is 0 Å². The Morgan fingerprint density at radius 1 is 0.941 bits per heavy atom. The topological polar surface area (TPSA) is 77.8 Å². The summed E-state index contributed by atoms with van der Waals surface area (Å²) in [6, 6.07) is 0. The number of hydrogen-bond donors (Lipinski definition) is 3. The summed E-state index contributed by atoms with van der Waals surface area (Å²) in [5.74, 6) is 1.76. The highest BCUT2D eigenvalue weighted by molar-refractivity contribution is 5.85. The van der Waals surface area contributed by atoms with Crippen LogP contribution in [0.5, 0.6) is 0 Å². The summed E-state index contributed by atoms with van der Waals surface area (Å²) in [5.41, 5.74) is -2.21. The Kier molecular flexibility index (Phi) is 6.12. The molecule has 0 amide bonds. The van der Waals surface area contributed by atoms with Gasteiger partial charge in [0.05, 0.1) is 17.3 Å². The highest BCUT2D eigenvalue weighted by Gasteiger charge is 2.70. The van der Waals surface area contributed by atoms with Crippen LogP contribution >= 0.6 is 0 Å². The average Bonchev–Trinajstić information content (AvgIpc) is 2.89. The predicted molar refractivity (Wildman–Crippen MR) is 136 cm³/mol. The molecule has 194 valence electrons. The number of aliphatic hydroxyl groups is 3. The van der Waals surface area contributed by atoms with Gasteiger partial charge in [-0.05, 0) is 99.7 Å². The van der Waals surface area contributed by atoms with Gasteiger partial charge in [0.15, 0.2) is 0 Å². The Morgan fingerprint density at radius 2 is 1.59 bits per heavy atom. The minimum Gasteiger partial charge on any atom is -0.393 e. The minimum absolute atomic E-state index is 0.0382. The third-order valence-corrected chi connectivity index (χ3v) is 11.9. The van der Waals surface area contributed by atoms with E-state index in [-0.39, 0.29) is 27.6 Å². The van der Waals surface area contributed by atoms with E-state index in [2.05, 4.69) is 34.6 Å². The molecule has 3 N–H and O–H groups in total. The van der Waals surface area contributed by atoms with Gasteiger partial charge in [-0.1, -0.05) is 46.8 Å². The Hall–Kier alpha value is -0.710. The number of carbonyl (C=O) groups excluding carboxylic acids is 1. The Balaban J connectivity index is 1.65. The predicted octanol–water partition coefficient (Wildman–Crippen LogP) is 5.68. The number of ketones is 1. The second kappa shape index (κ2) is 7.89. The lowest BCUT2D eigenvalue weighted by Gasteiger charge is -2.66. The van der Waals surface area contributed by atoms with Crippen molar-refractivity contribution in [1.29, 1.82) is 0 Å². The van der Waals surface area contributed by atoms with Crippen molar-refractivity contribution >= 4 is 5.78 Å². The van der Waals surface area contributed by atoms with Gasteiger partial charge in [0.2, 0.25) is 0 Å². The summed E-state index contributed by atoms with van der Waals surface area (Å²) in [7, 11) is 0. The lowest BCUT2D eigenvalue weighted by Crippen LogP contribution is -2.61. The maximum Gasteiger partial charge on any atom is 0.138 e. The summed E-state index contributed by atoms with van der Waals surface area (Å²) < 4.78 is 0. The molecule has 4 rings (SSSR count). The van der Waals surface area contributed by atoms with Crippen LogP contribution in [0.4, 0.5) is 0 Å². The third-order valence-electron chi connectivity index (χ3n) is 11.9. The SMILES string of the molecule is CC(C)(O)/C=C/C[C@@](C)(O)[C@H]1[C@@H](O)C[C@]2(C)[C@H]3CC[C@H]4C(C)(C)C(=O)CC[C@@]4(C)[C@H]3CC[C@@]12C. The fourth-order valence-electron chi connectivity index (χ4n) is 10.2. The zero-order valence-electron chi connectivity index (χ0n) is 22.9. The fourth-order valence-corrected chi connectivity index (χ4v) is 10.2. The first-order valence-electron chi connectivity index (χ1n) is 13.7. The molecule has 0 heterocycles. The van der Waals surface area contributed by atoms with Gasteiger partial charge < -0.3 is 15.3 Å². The molecule has 0 spiro atoms. The van der Waals surface area contributed by atoms with Crippen molar-refractivity contribution in [3.8, 4) is 0 Å². The van der Waals surface area contributed by atoms with E-state index < -0.39 is 17.3 Å². The minimum atomic E-state index is -1.04. The Morgan fingerprint density at radius 3 is 2.21 bits per heavy atom. The van der Waals surface area contributed by atoms with E-state index in [9.17, 15) is 20.1 Å². The van der Waals surface area contributed by atoms with E-state index in [1.165, 1.54) is 0 Å². The van der Waals surface area contributed by atoms with Gasteiger partial charge in [0.25, 0.3) is 0 Å². The maximum absolute atomic E-state index is 12.8. The lowest BCUT2D eigenvalue weighted by molar-refractivity contribution is -0.192. The monoisotopic (exact) mass is 474 g/mol. The molecular weight excluding hydrogens is 424 g/mol. The van der Waals surface area contributed by atoms with Crippen LogP contribution in [0.2, 0.25) is 0 Å². The molecule has 4 fully saturated rings. The number of fused-ring (bicyclic) bond motifs is 5. The smallest absolute Gasteiger partial charge is 0.138 e. The van der Waals surface area contributed by atoms with E-state index in [0.29, 0.717) is 36.4 Å². The normalized spacial score (nSPS) is 48.2. The van der Waals surface area contributed by atoms with Gasteiger partial charge in [-0.15, -0.1) is 0 Å². The van der Waals surface area contributed by atoms with Gasteiger partial charge >= 0.3 is 0 Å². The van der Waals surface area contributed by atoms with Crippen LogP contribution in [0.25, 0.3) is 0 Å². The van der Waals surface area contributed by atoms with E-state index in [1.807, 2.05) is 13.0 Å². The molecule has 0 bridgehead atoms. The van der Waals surface area contributed by atoms with Gasteiger partial charge in [-0.2, -0.15) is 0 Å². The first-order chi connectivity index (χ1) is 15.4. The second-order valence-electron chi connectivity index (χ2n) is 14.7. The number of rotatable bonds is 4. The molecule has 0 aliphatic heterocycles. The molecule has 0 unspecified atom stereocenters. The first kappa shape index (κ1) is 26.4. The Bertz CT molecular complexity index is 850. The second-order valence-corrected chi connectivity index (χ2v) is 14.7. The lowest BCUT2D eigenvalue weighted by atomic mass is 9.38. The van der Waals surface area contributed by atoms with Crippen molar-refractivity contribution < 1.29 is 20.1 Å². The van der Waals surface area contributed by atoms with E-state index in [4.69, 9.17) is 0 Å².